The number of anilines is 1. The molecule has 0 saturated carbocycles. The maximum Gasteiger partial charge on any atom is 0.364 e. The van der Waals surface area contributed by atoms with Crippen LogP contribution in [0.25, 0.3) is 10.9 Å². The normalized spacial score (nSPS) is 10.6. The number of aryl methyl sites for hydroxylation is 2. The number of rotatable bonds is 6. The van der Waals surface area contributed by atoms with Gasteiger partial charge >= 0.3 is 5.97 Å². The highest BCUT2D eigenvalue weighted by molar-refractivity contribution is 6.13. The highest BCUT2D eigenvalue weighted by Crippen LogP contribution is 2.27. The van der Waals surface area contributed by atoms with E-state index in [2.05, 4.69) is 10.5 Å². The lowest BCUT2D eigenvalue weighted by Crippen LogP contribution is -2.23. The molecule has 0 unspecified atom stereocenters. The molecule has 3 aromatic rings. The average molecular weight is 391 g/mol. The molecule has 0 aliphatic carbocycles. The smallest absolute Gasteiger partial charge is 0.364 e. The van der Waals surface area contributed by atoms with Crippen molar-refractivity contribution >= 4 is 34.3 Å². The van der Waals surface area contributed by atoms with Gasteiger partial charge in [0.2, 0.25) is 0 Å². The Kier molecular flexibility index (Phi) is 5.59. The number of hydrogen-bond donors (Lipinski definition) is 2. The summed E-state index contributed by atoms with van der Waals surface area (Å²) in [6, 6.07) is 11.9. The number of Topliss-reactive ketones (excluding diaryl/α,β-unsaturated/α-hetero) is 1. The predicted molar refractivity (Wildman–Crippen MR) is 110 cm³/mol. The lowest BCUT2D eigenvalue weighted by atomic mass is 9.97. The van der Waals surface area contributed by atoms with Crippen LogP contribution in [0.15, 0.2) is 42.5 Å². The average Bonchev–Trinajstić information content (AvgIpc) is 2.71. The van der Waals surface area contributed by atoms with Gasteiger partial charge in [-0.3, -0.25) is 14.6 Å². The third-order valence-electron chi connectivity index (χ3n) is 4.61. The molecule has 0 atom stereocenters. The molecule has 0 spiro atoms. The molecule has 1 aromatic heterocycles. The van der Waals surface area contributed by atoms with Crippen molar-refractivity contribution in [1.82, 2.24) is 4.98 Å². The Balaban J connectivity index is 2.05. The van der Waals surface area contributed by atoms with Crippen molar-refractivity contribution in [2.75, 3.05) is 5.48 Å². The van der Waals surface area contributed by atoms with E-state index in [-0.39, 0.29) is 16.9 Å². The van der Waals surface area contributed by atoms with Crippen LogP contribution in [0, 0.1) is 6.92 Å². The second kappa shape index (κ2) is 8.10. The van der Waals surface area contributed by atoms with E-state index in [4.69, 9.17) is 10.6 Å². The molecular formula is C22H21N3O4. The minimum Gasteiger partial charge on any atom is -0.366 e. The number of nitrogens with two attached hydrogens (primary N) is 1. The Morgan fingerprint density at radius 2 is 1.83 bits per heavy atom. The fourth-order valence-electron chi connectivity index (χ4n) is 3.17. The first kappa shape index (κ1) is 20.0. The zero-order valence-electron chi connectivity index (χ0n) is 16.4. The number of ketones is 1. The van der Waals surface area contributed by atoms with Crippen LogP contribution in [-0.2, 0) is 11.3 Å². The van der Waals surface area contributed by atoms with E-state index < -0.39 is 11.9 Å². The van der Waals surface area contributed by atoms with Crippen LogP contribution in [0.1, 0.15) is 56.2 Å². The van der Waals surface area contributed by atoms with Crippen LogP contribution < -0.4 is 11.2 Å². The molecule has 3 N–H and O–H groups in total. The van der Waals surface area contributed by atoms with Crippen LogP contribution in [0.3, 0.4) is 0 Å². The number of aromatic nitrogens is 1. The summed E-state index contributed by atoms with van der Waals surface area (Å²) in [6.45, 7) is 5.15. The number of nitrogens with one attached hydrogen (secondary N) is 1. The first-order chi connectivity index (χ1) is 13.8. The minimum absolute atomic E-state index is 0.0508. The van der Waals surface area contributed by atoms with Gasteiger partial charge in [0.15, 0.2) is 5.78 Å². The quantitative estimate of drug-likeness (QED) is 0.491. The number of hydrogen-bond acceptors (Lipinski definition) is 6. The highest BCUT2D eigenvalue weighted by Gasteiger charge is 2.25. The number of pyridine rings is 1. The highest BCUT2D eigenvalue weighted by atomic mass is 16.7. The zero-order valence-corrected chi connectivity index (χ0v) is 16.4. The van der Waals surface area contributed by atoms with Crippen molar-refractivity contribution in [3.8, 4) is 0 Å². The van der Waals surface area contributed by atoms with Gasteiger partial charge in [-0.05, 0) is 38.0 Å². The number of nitrogens with zero attached hydrogens (tertiary/aromatic N) is 1. The molecule has 3 rings (SSSR count). The summed E-state index contributed by atoms with van der Waals surface area (Å²) in [6.07, 6.45) is 0.427. The molecule has 0 saturated heterocycles. The number of para-hydroxylation sites is 1. The molecule has 148 valence electrons. The molecule has 1 amide bonds. The van der Waals surface area contributed by atoms with E-state index in [0.29, 0.717) is 34.3 Å². The van der Waals surface area contributed by atoms with E-state index >= 15 is 0 Å². The van der Waals surface area contributed by atoms with Crippen molar-refractivity contribution in [1.29, 1.82) is 0 Å². The first-order valence-electron chi connectivity index (χ1n) is 9.13. The molecule has 0 aliphatic rings. The fourth-order valence-corrected chi connectivity index (χ4v) is 3.17. The van der Waals surface area contributed by atoms with Crippen molar-refractivity contribution in [2.24, 2.45) is 5.73 Å². The Hall–Kier alpha value is -3.74. The number of primary amides is 1. The molecular weight excluding hydrogens is 370 g/mol. The maximum atomic E-state index is 13.0. The predicted octanol–water partition coefficient (Wildman–Crippen LogP) is 3.59. The zero-order chi connectivity index (χ0) is 21.1. The van der Waals surface area contributed by atoms with Gasteiger partial charge in [-0.25, -0.2) is 10.3 Å². The Morgan fingerprint density at radius 1 is 1.10 bits per heavy atom. The summed E-state index contributed by atoms with van der Waals surface area (Å²) in [4.78, 5) is 46.4. The molecule has 7 nitrogen and oxygen atoms in total. The topological polar surface area (TPSA) is 111 Å². The van der Waals surface area contributed by atoms with Gasteiger partial charge in [0.1, 0.15) is 0 Å². The summed E-state index contributed by atoms with van der Waals surface area (Å²) >= 11 is 0. The summed E-state index contributed by atoms with van der Waals surface area (Å²) in [5.41, 5.74) is 11.1. The third-order valence-corrected chi connectivity index (χ3v) is 4.61. The van der Waals surface area contributed by atoms with Crippen molar-refractivity contribution in [3.63, 3.8) is 0 Å². The second-order valence-corrected chi connectivity index (χ2v) is 6.63. The van der Waals surface area contributed by atoms with E-state index in [1.807, 2.05) is 19.9 Å². The summed E-state index contributed by atoms with van der Waals surface area (Å²) in [5, 5.41) is 0.486. The van der Waals surface area contributed by atoms with Crippen LogP contribution in [0.4, 0.5) is 5.69 Å². The molecule has 0 radical (unpaired) electrons. The van der Waals surface area contributed by atoms with E-state index in [1.165, 1.54) is 6.92 Å². The Morgan fingerprint density at radius 3 is 2.48 bits per heavy atom. The molecule has 0 bridgehead atoms. The molecule has 2 aromatic carbocycles. The fraction of sp³-hybridized carbons (Fsp3) is 0.182. The number of amides is 1. The monoisotopic (exact) mass is 391 g/mol. The van der Waals surface area contributed by atoms with Crippen LogP contribution >= 0.6 is 0 Å². The Labute approximate surface area is 167 Å². The second-order valence-electron chi connectivity index (χ2n) is 6.63. The van der Waals surface area contributed by atoms with Gasteiger partial charge in [-0.2, -0.15) is 0 Å². The van der Waals surface area contributed by atoms with Gasteiger partial charge in [0.25, 0.3) is 5.91 Å². The number of carbonyl (C=O) groups excluding carboxylic acids is 3. The number of carbonyl (C=O) groups is 3. The number of fused-ring (bicyclic) bond motifs is 1. The first-order valence-corrected chi connectivity index (χ1v) is 9.13. The van der Waals surface area contributed by atoms with Crippen molar-refractivity contribution in [3.05, 3.63) is 70.4 Å². The summed E-state index contributed by atoms with van der Waals surface area (Å²) < 4.78 is 0. The van der Waals surface area contributed by atoms with Gasteiger partial charge < -0.3 is 10.6 Å². The van der Waals surface area contributed by atoms with Crippen molar-refractivity contribution < 1.29 is 19.2 Å². The standard InChI is InChI=1S/C22H21N3O4/c1-4-17-19(21(23)27)18(16-10-5-7-12(2)20(16)24-17)22(28)29-25-15-9-6-8-14(11-15)13(3)26/h5-11,25H,4H2,1-3H3,(H2,23,27). The maximum absolute atomic E-state index is 13.0. The number of benzene rings is 2. The third kappa shape index (κ3) is 3.94. The minimum atomic E-state index is -0.764. The molecule has 0 fully saturated rings. The van der Waals surface area contributed by atoms with Gasteiger partial charge in [-0.1, -0.05) is 37.3 Å². The van der Waals surface area contributed by atoms with E-state index in [1.54, 1.807) is 36.4 Å². The largest absolute Gasteiger partial charge is 0.366 e. The van der Waals surface area contributed by atoms with Gasteiger partial charge in [-0.15, -0.1) is 0 Å². The Bertz CT molecular complexity index is 1140. The van der Waals surface area contributed by atoms with Crippen molar-refractivity contribution in [2.45, 2.75) is 27.2 Å². The van der Waals surface area contributed by atoms with E-state index in [0.717, 1.165) is 5.56 Å². The molecule has 1 heterocycles. The summed E-state index contributed by atoms with van der Waals surface area (Å²) in [7, 11) is 0. The van der Waals surface area contributed by atoms with Crippen LogP contribution in [0.2, 0.25) is 0 Å². The lowest BCUT2D eigenvalue weighted by Gasteiger charge is -2.15. The summed E-state index contributed by atoms with van der Waals surface area (Å²) in [5.74, 6) is -1.62. The molecule has 29 heavy (non-hydrogen) atoms. The van der Waals surface area contributed by atoms with Gasteiger partial charge in [0, 0.05) is 10.9 Å². The van der Waals surface area contributed by atoms with Crippen LogP contribution in [-0.4, -0.2) is 22.6 Å². The van der Waals surface area contributed by atoms with E-state index in [9.17, 15) is 14.4 Å². The molecule has 0 aliphatic heterocycles. The molecule has 7 heteroatoms. The lowest BCUT2D eigenvalue weighted by molar-refractivity contribution is 0.0594. The van der Waals surface area contributed by atoms with Gasteiger partial charge in [0.05, 0.1) is 28.0 Å². The van der Waals surface area contributed by atoms with Crippen LogP contribution in [0.5, 0.6) is 0 Å². The SMILES string of the molecule is CCc1nc2c(C)cccc2c(C(=O)ONc2cccc(C(C)=O)c2)c1C(N)=O.